The monoisotopic (exact) mass is 423 g/mol. The lowest BCUT2D eigenvalue weighted by Gasteiger charge is -2.21. The number of nitrogens with two attached hydrogens (primary N) is 1. The van der Waals surface area contributed by atoms with Crippen LogP contribution < -0.4 is 5.73 Å². The molecule has 0 saturated heterocycles. The third-order valence-corrected chi connectivity index (χ3v) is 5.90. The quantitative estimate of drug-likeness (QED) is 0.397. The van der Waals surface area contributed by atoms with Gasteiger partial charge in [-0.05, 0) is 24.8 Å². The molecule has 3 rings (SSSR count). The Hall–Kier alpha value is -2.13. The van der Waals surface area contributed by atoms with Crippen molar-refractivity contribution >= 4 is 31.6 Å². The number of aliphatic imine (C=N–C) groups is 3. The first-order valence-corrected chi connectivity index (χ1v) is 11.3. The Bertz CT molecular complexity index is 819. The molecule has 0 aromatic rings. The minimum atomic E-state index is -3.39. The summed E-state index contributed by atoms with van der Waals surface area (Å²) in [7, 11) is -3.39. The summed E-state index contributed by atoms with van der Waals surface area (Å²) in [6.07, 6.45) is 10.1. The molecule has 29 heavy (non-hydrogen) atoms. The lowest BCUT2D eigenvalue weighted by atomic mass is 10.1. The topological polar surface area (TPSA) is 128 Å². The van der Waals surface area contributed by atoms with Crippen molar-refractivity contribution in [3.05, 3.63) is 23.8 Å². The molecule has 2 atom stereocenters. The second kappa shape index (κ2) is 10.1. The number of guanidine groups is 1. The summed E-state index contributed by atoms with van der Waals surface area (Å²) in [6, 6.07) is -0.749. The molecular weight excluding hydrogens is 397 g/mol. The van der Waals surface area contributed by atoms with E-state index in [4.69, 9.17) is 19.5 Å². The number of rotatable bonds is 11. The molecule has 0 aromatic heterocycles. The molecule has 0 saturated carbocycles. The standard InChI is InChI=1S/C18H26N5O5P/c1-2-9-27-29(25,28-11-14-6-4-3-5-7-14)13-26-10-8-23-12-20-15-16(23)21-18(19)22-17(15)24/h4,6-7,12,15H,2-3,5,8-11,13H2,1H3,(H2,19,22,24). The molecule has 2 N–H and O–H groups in total. The number of amides is 1. The first-order valence-electron chi connectivity index (χ1n) is 9.59. The van der Waals surface area contributed by atoms with E-state index in [2.05, 4.69) is 27.1 Å². The summed E-state index contributed by atoms with van der Waals surface area (Å²) in [5.41, 5.74) is 6.53. The van der Waals surface area contributed by atoms with Gasteiger partial charge in [0.1, 0.15) is 12.2 Å². The van der Waals surface area contributed by atoms with Gasteiger partial charge in [0, 0.05) is 6.54 Å². The zero-order chi connectivity index (χ0) is 20.7. The molecule has 0 fully saturated rings. The van der Waals surface area contributed by atoms with Crippen LogP contribution in [0.15, 0.2) is 38.8 Å². The van der Waals surface area contributed by atoms with Gasteiger partial charge in [0.25, 0.3) is 5.91 Å². The Balaban J connectivity index is 1.48. The Kier molecular flexibility index (Phi) is 7.49. The largest absolute Gasteiger partial charge is 0.368 e. The number of hydrogen-bond donors (Lipinski definition) is 1. The number of nitrogens with zero attached hydrogens (tertiary/aromatic N) is 4. The van der Waals surface area contributed by atoms with Crippen molar-refractivity contribution in [3.8, 4) is 0 Å². The Morgan fingerprint density at radius 2 is 2.14 bits per heavy atom. The van der Waals surface area contributed by atoms with E-state index in [1.165, 1.54) is 6.34 Å². The highest BCUT2D eigenvalue weighted by molar-refractivity contribution is 7.53. The van der Waals surface area contributed by atoms with E-state index in [9.17, 15) is 9.36 Å². The minimum Gasteiger partial charge on any atom is -0.368 e. The fourth-order valence-electron chi connectivity index (χ4n) is 2.85. The molecule has 3 aliphatic rings. The van der Waals surface area contributed by atoms with E-state index in [1.54, 1.807) is 4.90 Å². The molecule has 1 amide bonds. The summed E-state index contributed by atoms with van der Waals surface area (Å²) in [6.45, 7) is 3.06. The SMILES string of the molecule is CCCOP(=O)(COCCN1C=NC2C(=O)N=C(N)N=C21)OCC1=CCCC=C1. The number of carbonyl (C=O) groups is 1. The molecule has 2 heterocycles. The summed E-state index contributed by atoms with van der Waals surface area (Å²) in [5, 5.41) is 0. The molecule has 1 aliphatic carbocycles. The molecule has 2 aliphatic heterocycles. The Morgan fingerprint density at radius 1 is 1.28 bits per heavy atom. The van der Waals surface area contributed by atoms with Crippen molar-refractivity contribution in [2.75, 3.05) is 32.7 Å². The summed E-state index contributed by atoms with van der Waals surface area (Å²) in [4.78, 5) is 25.2. The van der Waals surface area contributed by atoms with E-state index < -0.39 is 19.5 Å². The lowest BCUT2D eigenvalue weighted by Crippen LogP contribution is -2.41. The average molecular weight is 423 g/mol. The van der Waals surface area contributed by atoms with Gasteiger partial charge >= 0.3 is 7.60 Å². The van der Waals surface area contributed by atoms with Crippen LogP contribution in [-0.4, -0.2) is 67.7 Å². The predicted molar refractivity (Wildman–Crippen MR) is 110 cm³/mol. The highest BCUT2D eigenvalue weighted by Gasteiger charge is 2.35. The highest BCUT2D eigenvalue weighted by atomic mass is 31.2. The van der Waals surface area contributed by atoms with Crippen LogP contribution in [0.25, 0.3) is 0 Å². The lowest BCUT2D eigenvalue weighted by molar-refractivity contribution is -0.117. The average Bonchev–Trinajstić information content (AvgIpc) is 3.12. The van der Waals surface area contributed by atoms with Crippen LogP contribution in [0.2, 0.25) is 0 Å². The van der Waals surface area contributed by atoms with Crippen molar-refractivity contribution in [3.63, 3.8) is 0 Å². The minimum absolute atomic E-state index is 0.0883. The Labute approximate surface area is 169 Å². The number of carbonyl (C=O) groups excluding carboxylic acids is 1. The van der Waals surface area contributed by atoms with Gasteiger partial charge < -0.3 is 24.4 Å². The maximum absolute atomic E-state index is 13.0. The van der Waals surface area contributed by atoms with Gasteiger partial charge in [-0.1, -0.05) is 25.2 Å². The van der Waals surface area contributed by atoms with Crippen LogP contribution in [0.1, 0.15) is 26.2 Å². The Morgan fingerprint density at radius 3 is 2.90 bits per heavy atom. The molecular formula is C18H26N5O5P. The molecule has 10 nitrogen and oxygen atoms in total. The van der Waals surface area contributed by atoms with Crippen molar-refractivity contribution in [1.82, 2.24) is 4.90 Å². The van der Waals surface area contributed by atoms with Gasteiger partial charge in [0.05, 0.1) is 26.2 Å². The fourth-order valence-corrected chi connectivity index (χ4v) is 4.23. The van der Waals surface area contributed by atoms with Crippen molar-refractivity contribution in [2.45, 2.75) is 32.2 Å². The summed E-state index contributed by atoms with van der Waals surface area (Å²) >= 11 is 0. The highest BCUT2D eigenvalue weighted by Crippen LogP contribution is 2.48. The number of fused-ring (bicyclic) bond motifs is 1. The number of hydrogen-bond acceptors (Lipinski definition) is 9. The normalized spacial score (nSPS) is 22.8. The van der Waals surface area contributed by atoms with Crippen LogP contribution in [-0.2, 0) is 23.1 Å². The van der Waals surface area contributed by atoms with Crippen LogP contribution in [0.3, 0.4) is 0 Å². The maximum Gasteiger partial charge on any atom is 0.356 e. The third-order valence-electron chi connectivity index (χ3n) is 4.30. The van der Waals surface area contributed by atoms with E-state index in [0.29, 0.717) is 19.0 Å². The van der Waals surface area contributed by atoms with Crippen LogP contribution in [0.5, 0.6) is 0 Å². The molecule has 0 radical (unpaired) electrons. The second-order valence-corrected chi connectivity index (χ2v) is 8.65. The fraction of sp³-hybridized carbons (Fsp3) is 0.556. The van der Waals surface area contributed by atoms with E-state index >= 15 is 0 Å². The van der Waals surface area contributed by atoms with Gasteiger partial charge in [-0.2, -0.15) is 9.98 Å². The van der Waals surface area contributed by atoms with Crippen molar-refractivity contribution in [1.29, 1.82) is 0 Å². The van der Waals surface area contributed by atoms with E-state index in [0.717, 1.165) is 24.8 Å². The van der Waals surface area contributed by atoms with Crippen LogP contribution >= 0.6 is 7.60 Å². The number of amidine groups is 1. The van der Waals surface area contributed by atoms with Crippen LogP contribution in [0.4, 0.5) is 0 Å². The number of allylic oxidation sites excluding steroid dienone is 2. The van der Waals surface area contributed by atoms with Crippen molar-refractivity contribution in [2.24, 2.45) is 20.7 Å². The molecule has 0 spiro atoms. The number of ether oxygens (including phenoxy) is 1. The second-order valence-electron chi connectivity index (χ2n) is 6.65. The zero-order valence-electron chi connectivity index (χ0n) is 16.4. The van der Waals surface area contributed by atoms with E-state index in [-0.39, 0.29) is 25.5 Å². The predicted octanol–water partition coefficient (Wildman–Crippen LogP) is 1.84. The summed E-state index contributed by atoms with van der Waals surface area (Å²) < 4.78 is 29.6. The van der Waals surface area contributed by atoms with E-state index in [1.807, 2.05) is 13.0 Å². The molecule has 11 heteroatoms. The molecule has 2 unspecified atom stereocenters. The van der Waals surface area contributed by atoms with Gasteiger partial charge in [-0.3, -0.25) is 14.4 Å². The third kappa shape index (κ3) is 5.93. The van der Waals surface area contributed by atoms with Gasteiger partial charge in [0.2, 0.25) is 5.96 Å². The smallest absolute Gasteiger partial charge is 0.356 e. The van der Waals surface area contributed by atoms with Gasteiger partial charge in [-0.25, -0.2) is 0 Å². The molecule has 0 bridgehead atoms. The van der Waals surface area contributed by atoms with Crippen LogP contribution in [0, 0.1) is 0 Å². The molecule has 158 valence electrons. The zero-order valence-corrected chi connectivity index (χ0v) is 17.3. The maximum atomic E-state index is 13.0. The van der Waals surface area contributed by atoms with Gasteiger partial charge in [-0.15, -0.1) is 0 Å². The van der Waals surface area contributed by atoms with Gasteiger partial charge in [0.15, 0.2) is 6.04 Å². The summed E-state index contributed by atoms with van der Waals surface area (Å²) in [5.74, 6) is -0.109. The first-order chi connectivity index (χ1) is 14.0. The molecule has 0 aromatic carbocycles. The van der Waals surface area contributed by atoms with Crippen molar-refractivity contribution < 1.29 is 23.1 Å². The first kappa shape index (κ1) is 21.6.